The summed E-state index contributed by atoms with van der Waals surface area (Å²) in [7, 11) is 0. The number of aliphatic carboxylic acids is 1. The van der Waals surface area contributed by atoms with E-state index >= 15 is 0 Å². The molecule has 1 amide bonds. The molecule has 7 heteroatoms. The number of carbonyl (C=O) groups is 2. The zero-order valence-electron chi connectivity index (χ0n) is 18.1. The number of hydrogen-bond donors (Lipinski definition) is 2. The molecule has 30 heavy (non-hydrogen) atoms. The molecular formula is C23H27NO6. The average Bonchev–Trinajstić information content (AvgIpc) is 3.04. The quantitative estimate of drug-likeness (QED) is 0.614. The number of benzene rings is 1. The summed E-state index contributed by atoms with van der Waals surface area (Å²) in [5.41, 5.74) is 2.15. The van der Waals surface area contributed by atoms with E-state index in [1.807, 2.05) is 6.07 Å². The van der Waals surface area contributed by atoms with Gasteiger partial charge < -0.3 is 19.3 Å². The van der Waals surface area contributed by atoms with E-state index < -0.39 is 23.5 Å². The van der Waals surface area contributed by atoms with Crippen LogP contribution in [0, 0.1) is 12.8 Å². The topological polar surface area (TPSA) is 110 Å². The number of nitrogens with one attached hydrogen (secondary N) is 1. The van der Waals surface area contributed by atoms with Crippen LogP contribution >= 0.6 is 0 Å². The molecule has 0 radical (unpaired) electrons. The fourth-order valence-corrected chi connectivity index (χ4v) is 3.59. The molecule has 3 rings (SSSR count). The first-order valence-corrected chi connectivity index (χ1v) is 9.90. The summed E-state index contributed by atoms with van der Waals surface area (Å²) in [6.45, 7) is 11.4. The van der Waals surface area contributed by atoms with Crippen molar-refractivity contribution >= 4 is 33.8 Å². The zero-order chi connectivity index (χ0) is 22.4. The Kier molecular flexibility index (Phi) is 5.50. The van der Waals surface area contributed by atoms with Gasteiger partial charge >= 0.3 is 11.6 Å². The molecule has 2 aromatic heterocycles. The van der Waals surface area contributed by atoms with Crippen LogP contribution in [0.5, 0.6) is 0 Å². The van der Waals surface area contributed by atoms with Gasteiger partial charge in [0.1, 0.15) is 17.2 Å². The van der Waals surface area contributed by atoms with Crippen LogP contribution < -0.4 is 10.9 Å². The second kappa shape index (κ2) is 7.63. The molecule has 0 fully saturated rings. The maximum Gasteiger partial charge on any atom is 0.340 e. The lowest BCUT2D eigenvalue weighted by molar-refractivity contribution is -0.143. The highest BCUT2D eigenvalue weighted by molar-refractivity contribution is 5.97. The number of furan rings is 1. The van der Waals surface area contributed by atoms with E-state index in [0.29, 0.717) is 16.7 Å². The summed E-state index contributed by atoms with van der Waals surface area (Å²) >= 11 is 0. The Bertz CT molecular complexity index is 1190. The lowest BCUT2D eigenvalue weighted by atomic mass is 9.86. The second-order valence-electron chi connectivity index (χ2n) is 9.04. The maximum atomic E-state index is 12.5. The third-order valence-corrected chi connectivity index (χ3v) is 5.38. The van der Waals surface area contributed by atoms with E-state index in [2.05, 4.69) is 26.1 Å². The van der Waals surface area contributed by atoms with E-state index in [9.17, 15) is 19.5 Å². The lowest BCUT2D eigenvalue weighted by Crippen LogP contribution is -2.45. The minimum absolute atomic E-state index is 0.131. The molecule has 2 heterocycles. The largest absolute Gasteiger partial charge is 0.480 e. The van der Waals surface area contributed by atoms with Crippen LogP contribution in [-0.4, -0.2) is 23.0 Å². The van der Waals surface area contributed by atoms with Crippen molar-refractivity contribution in [2.45, 2.75) is 59.4 Å². The normalized spacial score (nSPS) is 13.2. The Morgan fingerprint density at radius 3 is 2.37 bits per heavy atom. The summed E-state index contributed by atoms with van der Waals surface area (Å²) in [5.74, 6) is -1.94. The first-order valence-electron chi connectivity index (χ1n) is 9.90. The summed E-state index contributed by atoms with van der Waals surface area (Å²) in [6.07, 6.45) is 1.46. The molecular weight excluding hydrogens is 386 g/mol. The molecule has 0 aliphatic rings. The molecule has 160 valence electrons. The number of carboxylic acid groups (broad SMARTS) is 1. The number of rotatable bonds is 5. The van der Waals surface area contributed by atoms with Crippen LogP contribution in [0.4, 0.5) is 0 Å². The molecule has 7 nitrogen and oxygen atoms in total. The smallest absolute Gasteiger partial charge is 0.340 e. The van der Waals surface area contributed by atoms with Gasteiger partial charge in [0.15, 0.2) is 0 Å². The highest BCUT2D eigenvalue weighted by Gasteiger charge is 2.25. The minimum atomic E-state index is -1.11. The molecule has 0 spiro atoms. The first kappa shape index (κ1) is 21.6. The van der Waals surface area contributed by atoms with Gasteiger partial charge in [-0.15, -0.1) is 0 Å². The number of carbonyl (C=O) groups excluding carboxylic acids is 1. The standard InChI is InChI=1S/C23H27NO6/c1-11(2)20(21(26)27)24-19(25)8-14-12(3)13-7-15-16(23(4,5)6)10-29-17(15)9-18(13)30-22(14)28/h7,9-11,20H,8H2,1-6H3,(H,24,25)(H,26,27)/t20-/m0/s1. The van der Waals surface area contributed by atoms with Crippen molar-refractivity contribution in [1.29, 1.82) is 0 Å². The van der Waals surface area contributed by atoms with Crippen LogP contribution in [0.2, 0.25) is 0 Å². The van der Waals surface area contributed by atoms with Crippen molar-refractivity contribution in [3.05, 3.63) is 45.5 Å². The maximum absolute atomic E-state index is 12.5. The van der Waals surface area contributed by atoms with E-state index in [1.165, 1.54) is 0 Å². The fourth-order valence-electron chi connectivity index (χ4n) is 3.59. The average molecular weight is 413 g/mol. The number of amides is 1. The molecule has 0 aliphatic carbocycles. The summed E-state index contributed by atoms with van der Waals surface area (Å²) in [5, 5.41) is 13.4. The number of fused-ring (bicyclic) bond motifs is 2. The number of carboxylic acids is 1. The Morgan fingerprint density at radius 1 is 1.13 bits per heavy atom. The lowest BCUT2D eigenvalue weighted by Gasteiger charge is -2.18. The molecule has 0 bridgehead atoms. The van der Waals surface area contributed by atoms with Crippen molar-refractivity contribution in [2.24, 2.45) is 5.92 Å². The molecule has 0 unspecified atom stereocenters. The van der Waals surface area contributed by atoms with E-state index in [0.717, 1.165) is 16.3 Å². The number of hydrogen-bond acceptors (Lipinski definition) is 5. The van der Waals surface area contributed by atoms with E-state index in [4.69, 9.17) is 8.83 Å². The Hall–Kier alpha value is -3.09. The summed E-state index contributed by atoms with van der Waals surface area (Å²) in [6, 6.07) is 2.59. The molecule has 1 atom stereocenters. The van der Waals surface area contributed by atoms with Gasteiger partial charge in [-0.05, 0) is 29.9 Å². The Labute approximate surface area is 174 Å². The van der Waals surface area contributed by atoms with Gasteiger partial charge in [0.25, 0.3) is 0 Å². The predicted molar refractivity (Wildman–Crippen MR) is 114 cm³/mol. The van der Waals surface area contributed by atoms with Crippen molar-refractivity contribution in [3.63, 3.8) is 0 Å². The highest BCUT2D eigenvalue weighted by Crippen LogP contribution is 2.35. The van der Waals surface area contributed by atoms with Crippen molar-refractivity contribution in [3.8, 4) is 0 Å². The van der Waals surface area contributed by atoms with Gasteiger partial charge in [0, 0.05) is 22.4 Å². The Balaban J connectivity index is 2.05. The van der Waals surface area contributed by atoms with E-state index in [1.54, 1.807) is 33.1 Å². The van der Waals surface area contributed by atoms with Crippen LogP contribution in [0.1, 0.15) is 51.3 Å². The van der Waals surface area contributed by atoms with Crippen LogP contribution in [0.25, 0.3) is 21.9 Å². The molecule has 0 saturated carbocycles. The van der Waals surface area contributed by atoms with Gasteiger partial charge in [0.2, 0.25) is 5.91 Å². The van der Waals surface area contributed by atoms with E-state index in [-0.39, 0.29) is 23.3 Å². The van der Waals surface area contributed by atoms with Crippen molar-refractivity contribution < 1.29 is 23.5 Å². The van der Waals surface area contributed by atoms with Crippen LogP contribution in [0.3, 0.4) is 0 Å². The zero-order valence-corrected chi connectivity index (χ0v) is 18.1. The van der Waals surface area contributed by atoms with Gasteiger partial charge in [-0.3, -0.25) is 4.79 Å². The molecule has 1 aromatic carbocycles. The number of aryl methyl sites for hydroxylation is 1. The van der Waals surface area contributed by atoms with Gasteiger partial charge in [-0.1, -0.05) is 34.6 Å². The Morgan fingerprint density at radius 2 is 1.80 bits per heavy atom. The van der Waals surface area contributed by atoms with Gasteiger partial charge in [0.05, 0.1) is 18.2 Å². The molecule has 2 N–H and O–H groups in total. The summed E-state index contributed by atoms with van der Waals surface area (Å²) < 4.78 is 11.1. The van der Waals surface area contributed by atoms with Gasteiger partial charge in [-0.2, -0.15) is 0 Å². The molecule has 3 aromatic rings. The van der Waals surface area contributed by atoms with Crippen LogP contribution in [0.15, 0.2) is 32.0 Å². The highest BCUT2D eigenvalue weighted by atomic mass is 16.4. The third-order valence-electron chi connectivity index (χ3n) is 5.38. The van der Waals surface area contributed by atoms with Gasteiger partial charge in [-0.25, -0.2) is 9.59 Å². The fraction of sp³-hybridized carbons (Fsp3) is 0.435. The predicted octanol–water partition coefficient (Wildman–Crippen LogP) is 3.91. The van der Waals surface area contributed by atoms with Crippen molar-refractivity contribution in [1.82, 2.24) is 5.32 Å². The molecule has 0 saturated heterocycles. The monoisotopic (exact) mass is 413 g/mol. The summed E-state index contributed by atoms with van der Waals surface area (Å²) in [4.78, 5) is 36.4. The van der Waals surface area contributed by atoms with Crippen LogP contribution in [-0.2, 0) is 21.4 Å². The SMILES string of the molecule is Cc1c(CC(=O)N[C@H](C(=O)O)C(C)C)c(=O)oc2cc3occ(C(C)(C)C)c3cc12. The molecule has 0 aliphatic heterocycles. The van der Waals surface area contributed by atoms with Crippen molar-refractivity contribution in [2.75, 3.05) is 0 Å². The minimum Gasteiger partial charge on any atom is -0.480 e. The first-order chi connectivity index (χ1) is 13.9. The third kappa shape index (κ3) is 3.97. The second-order valence-corrected chi connectivity index (χ2v) is 9.04.